The Bertz CT molecular complexity index is 882. The van der Waals surface area contributed by atoms with Gasteiger partial charge in [0.15, 0.2) is 0 Å². The van der Waals surface area contributed by atoms with Crippen LogP contribution in [0.1, 0.15) is 29.3 Å². The van der Waals surface area contributed by atoms with Crippen LogP contribution in [0.5, 0.6) is 0 Å². The van der Waals surface area contributed by atoms with Crippen molar-refractivity contribution in [1.82, 2.24) is 14.9 Å². The van der Waals surface area contributed by atoms with Gasteiger partial charge in [-0.05, 0) is 12.0 Å². The van der Waals surface area contributed by atoms with Gasteiger partial charge in [-0.25, -0.2) is 4.98 Å². The number of carbonyl (C=O) groups excluding carboxylic acids is 1. The SMILES string of the molecule is C=C[C@H]1CN(Cc2ccccc2)C(=O)c2cnc(N3CCOCC3)nc2N1CCC. The Morgan fingerprint density at radius 1 is 1.23 bits per heavy atom. The fourth-order valence-corrected chi connectivity index (χ4v) is 4.04. The molecule has 0 saturated carbocycles. The van der Waals surface area contributed by atoms with Crippen LogP contribution in [-0.4, -0.2) is 66.2 Å². The lowest BCUT2D eigenvalue weighted by molar-refractivity contribution is 0.0746. The van der Waals surface area contributed by atoms with Crippen molar-refractivity contribution in [3.63, 3.8) is 0 Å². The van der Waals surface area contributed by atoms with Crippen LogP contribution in [0.4, 0.5) is 11.8 Å². The zero-order valence-electron chi connectivity index (χ0n) is 17.5. The van der Waals surface area contributed by atoms with E-state index in [1.807, 2.05) is 41.3 Å². The number of nitrogens with zero attached hydrogens (tertiary/aromatic N) is 5. The van der Waals surface area contributed by atoms with Gasteiger partial charge in [0.25, 0.3) is 5.91 Å². The lowest BCUT2D eigenvalue weighted by Gasteiger charge is -2.32. The minimum absolute atomic E-state index is 0.00805. The third kappa shape index (κ3) is 4.16. The zero-order chi connectivity index (χ0) is 20.9. The molecule has 4 rings (SSSR count). The van der Waals surface area contributed by atoms with E-state index in [4.69, 9.17) is 9.72 Å². The Balaban J connectivity index is 1.72. The predicted octanol–water partition coefficient (Wildman–Crippen LogP) is 2.74. The van der Waals surface area contributed by atoms with Crippen molar-refractivity contribution in [1.29, 1.82) is 0 Å². The van der Waals surface area contributed by atoms with E-state index >= 15 is 0 Å². The number of rotatable bonds is 6. The Kier molecular flexibility index (Phi) is 6.28. The summed E-state index contributed by atoms with van der Waals surface area (Å²) in [5.41, 5.74) is 1.66. The van der Waals surface area contributed by atoms with Gasteiger partial charge in [-0.15, -0.1) is 6.58 Å². The van der Waals surface area contributed by atoms with Crippen molar-refractivity contribution in [2.24, 2.45) is 0 Å². The first-order valence-electron chi connectivity index (χ1n) is 10.6. The molecule has 1 saturated heterocycles. The maximum Gasteiger partial charge on any atom is 0.259 e. The zero-order valence-corrected chi connectivity index (χ0v) is 17.5. The van der Waals surface area contributed by atoms with Gasteiger partial charge in [0, 0.05) is 38.9 Å². The molecule has 0 bridgehead atoms. The van der Waals surface area contributed by atoms with Crippen LogP contribution >= 0.6 is 0 Å². The third-order valence-electron chi connectivity index (χ3n) is 5.60. The molecule has 2 aromatic rings. The van der Waals surface area contributed by atoms with Gasteiger partial charge in [0.05, 0.1) is 19.3 Å². The van der Waals surface area contributed by atoms with E-state index in [0.717, 1.165) is 31.6 Å². The Hall–Kier alpha value is -2.93. The fourth-order valence-electron chi connectivity index (χ4n) is 4.04. The molecule has 158 valence electrons. The summed E-state index contributed by atoms with van der Waals surface area (Å²) in [6, 6.07) is 10.1. The van der Waals surface area contributed by atoms with Crippen molar-refractivity contribution in [2.45, 2.75) is 25.9 Å². The number of ether oxygens (including phenoxy) is 1. The summed E-state index contributed by atoms with van der Waals surface area (Å²) in [4.78, 5) is 29.1. The standard InChI is InChI=1S/C23H29N5O2/c1-3-10-28-19(4-2)17-27(16-18-8-6-5-7-9-18)22(29)20-15-24-23(25-21(20)28)26-11-13-30-14-12-26/h4-9,15,19H,2-3,10-14,16-17H2,1H3/t19-/m0/s1. The number of aromatic nitrogens is 2. The van der Waals surface area contributed by atoms with Crippen molar-refractivity contribution >= 4 is 17.7 Å². The second-order valence-corrected chi connectivity index (χ2v) is 7.67. The first-order chi connectivity index (χ1) is 14.7. The van der Waals surface area contributed by atoms with E-state index < -0.39 is 0 Å². The molecule has 1 aromatic heterocycles. The Morgan fingerprint density at radius 2 is 2.00 bits per heavy atom. The van der Waals surface area contributed by atoms with E-state index in [1.54, 1.807) is 6.20 Å². The summed E-state index contributed by atoms with van der Waals surface area (Å²) in [6.45, 7) is 11.0. The Morgan fingerprint density at radius 3 is 2.70 bits per heavy atom. The van der Waals surface area contributed by atoms with E-state index in [2.05, 4.69) is 28.3 Å². The van der Waals surface area contributed by atoms with Crippen LogP contribution in [0, 0.1) is 0 Å². The number of morpholine rings is 1. The molecule has 1 amide bonds. The molecule has 0 spiro atoms. The second-order valence-electron chi connectivity index (χ2n) is 7.67. The molecular formula is C23H29N5O2. The summed E-state index contributed by atoms with van der Waals surface area (Å²) in [5.74, 6) is 1.33. The normalized spacial score (nSPS) is 19.4. The molecule has 2 aliphatic heterocycles. The van der Waals surface area contributed by atoms with Crippen molar-refractivity contribution in [3.05, 3.63) is 60.3 Å². The Labute approximate surface area is 178 Å². The van der Waals surface area contributed by atoms with Crippen LogP contribution < -0.4 is 9.80 Å². The summed E-state index contributed by atoms with van der Waals surface area (Å²) >= 11 is 0. The lowest BCUT2D eigenvalue weighted by Crippen LogP contribution is -2.42. The molecule has 3 heterocycles. The fraction of sp³-hybridized carbons (Fsp3) is 0.435. The van der Waals surface area contributed by atoms with Gasteiger partial charge < -0.3 is 19.4 Å². The average molecular weight is 408 g/mol. The molecule has 0 N–H and O–H groups in total. The smallest absolute Gasteiger partial charge is 0.259 e. The van der Waals surface area contributed by atoms with Gasteiger partial charge >= 0.3 is 0 Å². The largest absolute Gasteiger partial charge is 0.378 e. The third-order valence-corrected chi connectivity index (χ3v) is 5.60. The van der Waals surface area contributed by atoms with E-state index in [-0.39, 0.29) is 11.9 Å². The highest BCUT2D eigenvalue weighted by Crippen LogP contribution is 2.29. The number of hydrogen-bond donors (Lipinski definition) is 0. The molecule has 1 aromatic carbocycles. The number of anilines is 2. The number of benzene rings is 1. The molecule has 0 radical (unpaired) electrons. The molecule has 30 heavy (non-hydrogen) atoms. The molecule has 1 atom stereocenters. The maximum absolute atomic E-state index is 13.5. The highest BCUT2D eigenvalue weighted by Gasteiger charge is 2.33. The van der Waals surface area contributed by atoms with Crippen molar-refractivity contribution in [2.75, 3.05) is 49.2 Å². The first-order valence-corrected chi connectivity index (χ1v) is 10.6. The number of fused-ring (bicyclic) bond motifs is 1. The molecule has 1 fully saturated rings. The minimum Gasteiger partial charge on any atom is -0.378 e. The quantitative estimate of drug-likeness (QED) is 0.687. The summed E-state index contributed by atoms with van der Waals surface area (Å²) < 4.78 is 5.45. The van der Waals surface area contributed by atoms with Crippen LogP contribution in [0.25, 0.3) is 0 Å². The molecule has 2 aliphatic rings. The summed E-state index contributed by atoms with van der Waals surface area (Å²) in [6.07, 6.45) is 4.57. The van der Waals surface area contributed by atoms with Gasteiger partial charge in [0.1, 0.15) is 11.4 Å². The van der Waals surface area contributed by atoms with Gasteiger partial charge in [-0.1, -0.05) is 43.3 Å². The minimum atomic E-state index is -0.0344. The molecule has 0 aliphatic carbocycles. The van der Waals surface area contributed by atoms with Crippen LogP contribution in [0.2, 0.25) is 0 Å². The summed E-state index contributed by atoms with van der Waals surface area (Å²) in [7, 11) is 0. The van der Waals surface area contributed by atoms with E-state index in [0.29, 0.717) is 43.6 Å². The average Bonchev–Trinajstić information content (AvgIpc) is 2.90. The molecular weight excluding hydrogens is 378 g/mol. The first kappa shape index (κ1) is 20.3. The van der Waals surface area contributed by atoms with Crippen LogP contribution in [0.15, 0.2) is 49.2 Å². The number of amides is 1. The van der Waals surface area contributed by atoms with Crippen molar-refractivity contribution < 1.29 is 9.53 Å². The molecule has 7 heteroatoms. The number of hydrogen-bond acceptors (Lipinski definition) is 6. The van der Waals surface area contributed by atoms with Gasteiger partial charge in [0.2, 0.25) is 5.95 Å². The number of carbonyl (C=O) groups is 1. The lowest BCUT2D eigenvalue weighted by atomic mass is 10.2. The summed E-state index contributed by atoms with van der Waals surface area (Å²) in [5, 5.41) is 0. The van der Waals surface area contributed by atoms with E-state index in [1.165, 1.54) is 0 Å². The topological polar surface area (TPSA) is 61.8 Å². The second kappa shape index (κ2) is 9.26. The van der Waals surface area contributed by atoms with Crippen molar-refractivity contribution in [3.8, 4) is 0 Å². The predicted molar refractivity (Wildman–Crippen MR) is 118 cm³/mol. The molecule has 0 unspecified atom stereocenters. The van der Waals surface area contributed by atoms with E-state index in [9.17, 15) is 4.79 Å². The van der Waals surface area contributed by atoms with Crippen LogP contribution in [0.3, 0.4) is 0 Å². The highest BCUT2D eigenvalue weighted by molar-refractivity contribution is 5.99. The van der Waals surface area contributed by atoms with Gasteiger partial charge in [-0.2, -0.15) is 4.98 Å². The monoisotopic (exact) mass is 407 g/mol. The molecule has 7 nitrogen and oxygen atoms in total. The maximum atomic E-state index is 13.5. The van der Waals surface area contributed by atoms with Gasteiger partial charge in [-0.3, -0.25) is 4.79 Å². The highest BCUT2D eigenvalue weighted by atomic mass is 16.5. The van der Waals surface area contributed by atoms with Crippen LogP contribution in [-0.2, 0) is 11.3 Å².